The normalized spacial score (nSPS) is 20.6. The van der Waals surface area contributed by atoms with Gasteiger partial charge in [-0.15, -0.1) is 0 Å². The number of aromatic amines is 1. The molecular formula is C27H31N3O5S. The number of phenols is 1. The zero-order chi connectivity index (χ0) is 25.6. The molecule has 0 bridgehead atoms. The summed E-state index contributed by atoms with van der Waals surface area (Å²) in [6.07, 6.45) is 2.40. The summed E-state index contributed by atoms with van der Waals surface area (Å²) in [5.74, 6) is 0.585. The molecule has 8 nitrogen and oxygen atoms in total. The summed E-state index contributed by atoms with van der Waals surface area (Å²) in [6, 6.07) is 10.4. The van der Waals surface area contributed by atoms with Crippen LogP contribution >= 0.6 is 0 Å². The molecule has 3 heterocycles. The molecule has 2 N–H and O–H groups in total. The Morgan fingerprint density at radius 3 is 2.61 bits per heavy atom. The van der Waals surface area contributed by atoms with Gasteiger partial charge in [-0.3, -0.25) is 9.89 Å². The number of nitrogens with one attached hydrogen (secondary N) is 1. The molecule has 0 radical (unpaired) electrons. The Kier molecular flexibility index (Phi) is 6.28. The second-order valence-corrected chi connectivity index (χ2v) is 12.0. The topological polar surface area (TPSA) is 113 Å². The molecule has 2 atom stereocenters. The highest BCUT2D eigenvalue weighted by Gasteiger charge is 2.48. The van der Waals surface area contributed by atoms with E-state index in [-0.39, 0.29) is 23.2 Å². The summed E-state index contributed by atoms with van der Waals surface area (Å²) < 4.78 is 30.5. The van der Waals surface area contributed by atoms with E-state index in [1.54, 1.807) is 4.90 Å². The number of aryl methyl sites for hydroxylation is 2. The van der Waals surface area contributed by atoms with Crippen molar-refractivity contribution >= 4 is 15.7 Å². The second-order valence-electron chi connectivity index (χ2n) is 9.78. The quantitative estimate of drug-likeness (QED) is 0.459. The van der Waals surface area contributed by atoms with Crippen LogP contribution in [-0.2, 0) is 9.84 Å². The van der Waals surface area contributed by atoms with Gasteiger partial charge in [-0.2, -0.15) is 5.10 Å². The highest BCUT2D eigenvalue weighted by Crippen LogP contribution is 2.47. The number of sulfone groups is 1. The Bertz CT molecular complexity index is 1410. The second kappa shape index (κ2) is 9.28. The van der Waals surface area contributed by atoms with Gasteiger partial charge in [-0.1, -0.05) is 31.5 Å². The number of benzene rings is 2. The average Bonchev–Trinajstić information content (AvgIpc) is 3.50. The van der Waals surface area contributed by atoms with Crippen LogP contribution in [-0.4, -0.2) is 58.7 Å². The Balaban J connectivity index is 1.62. The third-order valence-corrected chi connectivity index (χ3v) is 8.82. The van der Waals surface area contributed by atoms with Gasteiger partial charge < -0.3 is 14.7 Å². The molecular weight excluding hydrogens is 478 g/mol. The summed E-state index contributed by atoms with van der Waals surface area (Å²) in [7, 11) is -3.21. The van der Waals surface area contributed by atoms with Crippen molar-refractivity contribution in [2.24, 2.45) is 0 Å². The van der Waals surface area contributed by atoms with Crippen molar-refractivity contribution < 1.29 is 23.1 Å². The van der Waals surface area contributed by atoms with Gasteiger partial charge in [0.25, 0.3) is 5.91 Å². The van der Waals surface area contributed by atoms with E-state index in [0.29, 0.717) is 35.5 Å². The van der Waals surface area contributed by atoms with E-state index in [0.717, 1.165) is 35.3 Å². The molecule has 36 heavy (non-hydrogen) atoms. The minimum absolute atomic E-state index is 0.0602. The fraction of sp³-hybridized carbons (Fsp3) is 0.407. The molecule has 5 rings (SSSR count). The number of aromatic hydroxyl groups is 1. The lowest BCUT2D eigenvalue weighted by molar-refractivity contribution is 0.0677. The van der Waals surface area contributed by atoms with Gasteiger partial charge in [0.1, 0.15) is 22.9 Å². The van der Waals surface area contributed by atoms with Crippen LogP contribution in [0.15, 0.2) is 36.4 Å². The minimum Gasteiger partial charge on any atom is -0.507 e. The molecule has 1 amide bonds. The highest BCUT2D eigenvalue weighted by molar-refractivity contribution is 7.91. The van der Waals surface area contributed by atoms with E-state index in [9.17, 15) is 18.3 Å². The minimum atomic E-state index is -3.21. The molecule has 190 valence electrons. The first kappa shape index (κ1) is 24.4. The Labute approximate surface area is 211 Å². The van der Waals surface area contributed by atoms with Crippen LogP contribution in [0.2, 0.25) is 0 Å². The van der Waals surface area contributed by atoms with Crippen LogP contribution in [0.3, 0.4) is 0 Å². The first-order valence-corrected chi connectivity index (χ1v) is 14.2. The number of fused-ring (bicyclic) bond motifs is 1. The standard InChI is InChI=1S/C27H31N3O5S/c1-4-5-11-35-20-8-6-18(7-9-20)25-22-23(21-14-16(2)13-17(3)26(21)31)28-29-24(22)27(32)30(25)19-10-12-36(33,34)15-19/h6-9,13-14,19,25,31H,4-5,10-12,15H2,1-3H3,(H,28,29). The number of phenolic OH excluding ortho intramolecular Hbond substituents is 1. The fourth-order valence-corrected chi connectivity index (χ4v) is 7.00. The Morgan fingerprint density at radius 2 is 1.94 bits per heavy atom. The molecule has 1 saturated heterocycles. The molecule has 1 fully saturated rings. The molecule has 2 aliphatic heterocycles. The first-order valence-electron chi connectivity index (χ1n) is 12.3. The molecule has 2 aliphatic rings. The van der Waals surface area contributed by atoms with Gasteiger partial charge >= 0.3 is 0 Å². The van der Waals surface area contributed by atoms with E-state index in [2.05, 4.69) is 17.1 Å². The largest absolute Gasteiger partial charge is 0.507 e. The SMILES string of the molecule is CCCCOc1ccc(C2c3c(-c4cc(C)cc(C)c4O)n[nH]c3C(=O)N2C2CCS(=O)(=O)C2)cc1. The number of carbonyl (C=O) groups is 1. The molecule has 2 unspecified atom stereocenters. The van der Waals surface area contributed by atoms with E-state index in [1.165, 1.54) is 0 Å². The lowest BCUT2D eigenvalue weighted by Gasteiger charge is -2.31. The number of ether oxygens (including phenoxy) is 1. The van der Waals surface area contributed by atoms with Crippen molar-refractivity contribution in [3.8, 4) is 22.8 Å². The fourth-order valence-electron chi connectivity index (χ4n) is 5.29. The Hall–Kier alpha value is -3.33. The molecule has 1 aromatic heterocycles. The number of amides is 1. The highest BCUT2D eigenvalue weighted by atomic mass is 32.2. The van der Waals surface area contributed by atoms with Crippen molar-refractivity contribution in [2.75, 3.05) is 18.1 Å². The lowest BCUT2D eigenvalue weighted by Crippen LogP contribution is -2.40. The maximum Gasteiger partial charge on any atom is 0.273 e. The zero-order valence-electron chi connectivity index (χ0n) is 20.7. The van der Waals surface area contributed by atoms with Crippen LogP contribution in [0, 0.1) is 13.8 Å². The van der Waals surface area contributed by atoms with E-state index < -0.39 is 21.9 Å². The molecule has 2 aromatic carbocycles. The van der Waals surface area contributed by atoms with E-state index >= 15 is 0 Å². The molecule has 0 aliphatic carbocycles. The summed E-state index contributed by atoms with van der Waals surface area (Å²) >= 11 is 0. The third kappa shape index (κ3) is 4.25. The van der Waals surface area contributed by atoms with Gasteiger partial charge in [0.05, 0.1) is 24.2 Å². The van der Waals surface area contributed by atoms with Crippen molar-refractivity contribution in [2.45, 2.75) is 52.1 Å². The Morgan fingerprint density at radius 1 is 1.19 bits per heavy atom. The van der Waals surface area contributed by atoms with Gasteiger partial charge in [0.15, 0.2) is 9.84 Å². The van der Waals surface area contributed by atoms with Crippen molar-refractivity contribution in [1.29, 1.82) is 0 Å². The number of nitrogens with zero attached hydrogens (tertiary/aromatic N) is 2. The maximum absolute atomic E-state index is 13.7. The number of H-pyrrole nitrogens is 1. The number of hydrogen-bond donors (Lipinski definition) is 2. The number of carbonyl (C=O) groups excluding carboxylic acids is 1. The van der Waals surface area contributed by atoms with Crippen LogP contribution in [0.1, 0.15) is 65.0 Å². The van der Waals surface area contributed by atoms with Crippen molar-refractivity contribution in [3.63, 3.8) is 0 Å². The summed E-state index contributed by atoms with van der Waals surface area (Å²) in [5, 5.41) is 18.2. The molecule has 0 spiro atoms. The number of unbranched alkanes of at least 4 members (excludes halogenated alkanes) is 1. The number of rotatable bonds is 7. The summed E-state index contributed by atoms with van der Waals surface area (Å²) in [6.45, 7) is 6.51. The van der Waals surface area contributed by atoms with Crippen LogP contribution in [0.4, 0.5) is 0 Å². The summed E-state index contributed by atoms with van der Waals surface area (Å²) in [4.78, 5) is 15.3. The lowest BCUT2D eigenvalue weighted by atomic mass is 9.93. The van der Waals surface area contributed by atoms with Crippen LogP contribution < -0.4 is 4.74 Å². The summed E-state index contributed by atoms with van der Waals surface area (Å²) in [5.41, 5.74) is 4.55. The average molecular weight is 510 g/mol. The van der Waals surface area contributed by atoms with Gasteiger partial charge in [-0.25, -0.2) is 8.42 Å². The van der Waals surface area contributed by atoms with Crippen LogP contribution in [0.25, 0.3) is 11.3 Å². The van der Waals surface area contributed by atoms with Crippen molar-refractivity contribution in [3.05, 3.63) is 64.3 Å². The predicted octanol–water partition coefficient (Wildman–Crippen LogP) is 4.31. The maximum atomic E-state index is 13.7. The molecule has 9 heteroatoms. The predicted molar refractivity (Wildman–Crippen MR) is 137 cm³/mol. The number of hydrogen-bond acceptors (Lipinski definition) is 6. The molecule has 3 aromatic rings. The van der Waals surface area contributed by atoms with Gasteiger partial charge in [0.2, 0.25) is 0 Å². The van der Waals surface area contributed by atoms with E-state index in [4.69, 9.17) is 4.74 Å². The van der Waals surface area contributed by atoms with Crippen LogP contribution in [0.5, 0.6) is 11.5 Å². The van der Waals surface area contributed by atoms with Gasteiger partial charge in [-0.05, 0) is 61.6 Å². The monoisotopic (exact) mass is 509 g/mol. The molecule has 0 saturated carbocycles. The van der Waals surface area contributed by atoms with E-state index in [1.807, 2.05) is 50.2 Å². The number of aromatic nitrogens is 2. The third-order valence-electron chi connectivity index (χ3n) is 7.07. The van der Waals surface area contributed by atoms with Gasteiger partial charge in [0, 0.05) is 17.2 Å². The smallest absolute Gasteiger partial charge is 0.273 e. The van der Waals surface area contributed by atoms with Crippen molar-refractivity contribution in [1.82, 2.24) is 15.1 Å². The first-order chi connectivity index (χ1) is 17.2. The zero-order valence-corrected chi connectivity index (χ0v) is 21.6.